The first kappa shape index (κ1) is 10.5. The number of hydrogen-bond acceptors (Lipinski definition) is 5. The minimum absolute atomic E-state index is 0.508. The third-order valence-electron chi connectivity index (χ3n) is 1.96. The topological polar surface area (TPSA) is 69.7 Å². The average Bonchev–Trinajstić information content (AvgIpc) is 2.53. The molecule has 1 aliphatic carbocycles. The minimum Gasteiger partial charge on any atom is -0.282 e. The van der Waals surface area contributed by atoms with Crippen molar-refractivity contribution in [2.45, 2.75) is 37.9 Å². The van der Waals surface area contributed by atoms with Crippen molar-refractivity contribution in [1.29, 1.82) is 0 Å². The summed E-state index contributed by atoms with van der Waals surface area (Å²) in [6, 6.07) is 0. The van der Waals surface area contributed by atoms with Crippen LogP contribution in [0, 0.1) is 0 Å². The Labute approximate surface area is 77.1 Å². The van der Waals surface area contributed by atoms with Gasteiger partial charge in [-0.15, -0.1) is 0 Å². The van der Waals surface area contributed by atoms with Gasteiger partial charge in [0, 0.05) is 6.92 Å². The van der Waals surface area contributed by atoms with Gasteiger partial charge < -0.3 is 0 Å². The third kappa shape index (κ3) is 2.96. The lowest BCUT2D eigenvalue weighted by Crippen LogP contribution is -2.21. The molecule has 1 saturated carbocycles. The maximum Gasteiger partial charge on any atom is 0.340 e. The molecule has 0 unspecified atom stereocenters. The third-order valence-corrected chi connectivity index (χ3v) is 3.50. The smallest absolute Gasteiger partial charge is 0.282 e. The van der Waals surface area contributed by atoms with Crippen LogP contribution in [-0.2, 0) is 24.1 Å². The lowest BCUT2D eigenvalue weighted by atomic mass is 10.4. The van der Waals surface area contributed by atoms with Crippen molar-refractivity contribution in [3.05, 3.63) is 0 Å². The van der Waals surface area contributed by atoms with Crippen LogP contribution >= 0.6 is 0 Å². The van der Waals surface area contributed by atoms with E-state index in [0.717, 1.165) is 19.8 Å². The Morgan fingerprint density at radius 2 is 1.85 bits per heavy atom. The van der Waals surface area contributed by atoms with Crippen molar-refractivity contribution < 1.29 is 22.4 Å². The monoisotopic (exact) mass is 208 g/mol. The normalized spacial score (nSPS) is 18.8. The summed E-state index contributed by atoms with van der Waals surface area (Å²) >= 11 is 0. The molecule has 0 N–H and O–H groups in total. The number of carbonyl (C=O) groups is 1. The molecule has 0 bridgehead atoms. The van der Waals surface area contributed by atoms with Crippen molar-refractivity contribution in [2.24, 2.45) is 0 Å². The standard InChI is InChI=1S/C7H12O5S/c1-6(8)11-12-13(9,10)7-4-2-3-5-7/h7H,2-5H2,1H3. The van der Waals surface area contributed by atoms with E-state index < -0.39 is 21.3 Å². The van der Waals surface area contributed by atoms with Gasteiger partial charge in [0.15, 0.2) is 0 Å². The highest BCUT2D eigenvalue weighted by Gasteiger charge is 2.31. The molecule has 0 amide bonds. The molecule has 0 aromatic heterocycles. The van der Waals surface area contributed by atoms with Crippen LogP contribution < -0.4 is 0 Å². The van der Waals surface area contributed by atoms with E-state index in [4.69, 9.17) is 0 Å². The molecule has 0 radical (unpaired) electrons. The zero-order valence-electron chi connectivity index (χ0n) is 7.36. The first-order valence-electron chi connectivity index (χ1n) is 4.13. The van der Waals surface area contributed by atoms with Gasteiger partial charge in [-0.2, -0.15) is 8.42 Å². The fraction of sp³-hybridized carbons (Fsp3) is 0.857. The van der Waals surface area contributed by atoms with Crippen LogP contribution in [0.15, 0.2) is 0 Å². The predicted molar refractivity (Wildman–Crippen MR) is 44.0 cm³/mol. The van der Waals surface area contributed by atoms with Gasteiger partial charge in [0.2, 0.25) is 0 Å². The molecule has 1 aliphatic rings. The lowest BCUT2D eigenvalue weighted by Gasteiger charge is -2.07. The second-order valence-corrected chi connectivity index (χ2v) is 4.83. The molecule has 0 atom stereocenters. The largest absolute Gasteiger partial charge is 0.340 e. The fourth-order valence-corrected chi connectivity index (χ4v) is 2.54. The zero-order chi connectivity index (χ0) is 9.90. The molecule has 0 aromatic rings. The van der Waals surface area contributed by atoms with Crippen LogP contribution in [0.25, 0.3) is 0 Å². The summed E-state index contributed by atoms with van der Waals surface area (Å²) in [5.74, 6) is -0.762. The van der Waals surface area contributed by atoms with Gasteiger partial charge in [-0.05, 0) is 12.8 Å². The Morgan fingerprint density at radius 3 is 2.31 bits per heavy atom. The van der Waals surface area contributed by atoms with Crippen LogP contribution in [0.1, 0.15) is 32.6 Å². The molecule has 76 valence electrons. The van der Waals surface area contributed by atoms with Crippen LogP contribution in [0.2, 0.25) is 0 Å². The second-order valence-electron chi connectivity index (χ2n) is 3.04. The van der Waals surface area contributed by atoms with Crippen molar-refractivity contribution in [3.63, 3.8) is 0 Å². The molecule has 0 heterocycles. The predicted octanol–water partition coefficient (Wildman–Crippen LogP) is 0.754. The Bertz CT molecular complexity index is 275. The van der Waals surface area contributed by atoms with E-state index >= 15 is 0 Å². The van der Waals surface area contributed by atoms with Gasteiger partial charge in [-0.1, -0.05) is 17.2 Å². The van der Waals surface area contributed by atoms with Crippen molar-refractivity contribution >= 4 is 16.1 Å². The Balaban J connectivity index is 2.50. The Hall–Kier alpha value is -0.620. The van der Waals surface area contributed by atoms with Gasteiger partial charge >= 0.3 is 16.1 Å². The van der Waals surface area contributed by atoms with Crippen LogP contribution in [0.3, 0.4) is 0 Å². The minimum atomic E-state index is -3.70. The maximum absolute atomic E-state index is 11.2. The van der Waals surface area contributed by atoms with Gasteiger partial charge in [0.1, 0.15) is 0 Å². The molecule has 0 aromatic carbocycles. The van der Waals surface area contributed by atoms with Crippen LogP contribution in [-0.4, -0.2) is 19.6 Å². The van der Waals surface area contributed by atoms with E-state index in [0.29, 0.717) is 12.8 Å². The first-order chi connectivity index (χ1) is 6.02. The Kier molecular flexibility index (Phi) is 3.27. The molecule has 1 rings (SSSR count). The van der Waals surface area contributed by atoms with Gasteiger partial charge in [-0.25, -0.2) is 4.79 Å². The summed E-state index contributed by atoms with van der Waals surface area (Å²) in [7, 11) is -3.70. The summed E-state index contributed by atoms with van der Waals surface area (Å²) in [6.07, 6.45) is 2.94. The lowest BCUT2D eigenvalue weighted by molar-refractivity contribution is -0.208. The average molecular weight is 208 g/mol. The quantitative estimate of drug-likeness (QED) is 0.505. The second kappa shape index (κ2) is 4.06. The molecule has 0 saturated heterocycles. The zero-order valence-corrected chi connectivity index (χ0v) is 8.17. The summed E-state index contributed by atoms with van der Waals surface area (Å²) in [5, 5.41) is -0.508. The van der Waals surface area contributed by atoms with E-state index in [9.17, 15) is 13.2 Å². The fourth-order valence-electron chi connectivity index (χ4n) is 1.33. The van der Waals surface area contributed by atoms with E-state index in [-0.39, 0.29) is 0 Å². The highest BCUT2D eigenvalue weighted by molar-refractivity contribution is 7.87. The van der Waals surface area contributed by atoms with Crippen molar-refractivity contribution in [2.75, 3.05) is 0 Å². The highest BCUT2D eigenvalue weighted by Crippen LogP contribution is 2.25. The molecule has 6 heteroatoms. The maximum atomic E-state index is 11.2. The van der Waals surface area contributed by atoms with E-state index in [2.05, 4.69) is 9.22 Å². The Morgan fingerprint density at radius 1 is 1.31 bits per heavy atom. The first-order valence-corrected chi connectivity index (χ1v) is 5.60. The van der Waals surface area contributed by atoms with Gasteiger partial charge in [0.25, 0.3) is 0 Å². The highest BCUT2D eigenvalue weighted by atomic mass is 32.2. The molecule has 0 spiro atoms. The SMILES string of the molecule is CC(=O)OOS(=O)(=O)C1CCCC1. The van der Waals surface area contributed by atoms with Crippen LogP contribution in [0.5, 0.6) is 0 Å². The number of rotatable bonds is 3. The number of carbonyl (C=O) groups excluding carboxylic acids is 1. The summed E-state index contributed by atoms with van der Waals surface area (Å²) < 4.78 is 26.6. The van der Waals surface area contributed by atoms with Crippen molar-refractivity contribution in [3.8, 4) is 0 Å². The summed E-state index contributed by atoms with van der Waals surface area (Å²) in [6.45, 7) is 1.09. The van der Waals surface area contributed by atoms with E-state index in [1.165, 1.54) is 0 Å². The molecule has 5 nitrogen and oxygen atoms in total. The summed E-state index contributed by atoms with van der Waals surface area (Å²) in [4.78, 5) is 14.3. The van der Waals surface area contributed by atoms with E-state index in [1.807, 2.05) is 0 Å². The van der Waals surface area contributed by atoms with E-state index in [1.54, 1.807) is 0 Å². The summed E-state index contributed by atoms with van der Waals surface area (Å²) in [5.41, 5.74) is 0. The molecule has 1 fully saturated rings. The molecule has 13 heavy (non-hydrogen) atoms. The van der Waals surface area contributed by atoms with Gasteiger partial charge in [0.05, 0.1) is 5.25 Å². The number of hydrogen-bond donors (Lipinski definition) is 0. The molecular weight excluding hydrogens is 196 g/mol. The van der Waals surface area contributed by atoms with Crippen molar-refractivity contribution in [1.82, 2.24) is 0 Å². The molecular formula is C7H12O5S. The molecule has 0 aliphatic heterocycles. The van der Waals surface area contributed by atoms with Gasteiger partial charge in [-0.3, -0.25) is 4.89 Å². The van der Waals surface area contributed by atoms with Crippen LogP contribution in [0.4, 0.5) is 0 Å².